The zero-order valence-corrected chi connectivity index (χ0v) is 12.6. The topological polar surface area (TPSA) is 55.4 Å². The summed E-state index contributed by atoms with van der Waals surface area (Å²) in [6, 6.07) is 11.4. The first-order chi connectivity index (χ1) is 10.1. The Labute approximate surface area is 127 Å². The molecule has 1 N–H and O–H groups in total. The summed E-state index contributed by atoms with van der Waals surface area (Å²) >= 11 is 1.37. The molecule has 0 saturated carbocycles. The van der Waals surface area contributed by atoms with Crippen molar-refractivity contribution >= 4 is 23.2 Å². The van der Waals surface area contributed by atoms with Crippen LogP contribution in [0.15, 0.2) is 41.8 Å². The van der Waals surface area contributed by atoms with E-state index in [2.05, 4.69) is 5.32 Å². The Balaban J connectivity index is 1.67. The Morgan fingerprint density at radius 2 is 2.10 bits per heavy atom. The number of esters is 1. The van der Waals surface area contributed by atoms with E-state index in [0.717, 1.165) is 11.1 Å². The third kappa shape index (κ3) is 5.04. The van der Waals surface area contributed by atoms with Crippen molar-refractivity contribution in [2.24, 2.45) is 0 Å². The highest BCUT2D eigenvalue weighted by atomic mass is 32.1. The molecule has 0 unspecified atom stereocenters. The van der Waals surface area contributed by atoms with Gasteiger partial charge in [-0.1, -0.05) is 35.9 Å². The Morgan fingerprint density at radius 1 is 1.24 bits per heavy atom. The van der Waals surface area contributed by atoms with Crippen LogP contribution in [0.1, 0.15) is 27.2 Å². The van der Waals surface area contributed by atoms with E-state index in [1.165, 1.54) is 11.3 Å². The first kappa shape index (κ1) is 15.3. The number of carbonyl (C=O) groups excluding carboxylic acids is 2. The molecule has 1 aromatic carbocycles. The van der Waals surface area contributed by atoms with Gasteiger partial charge in [-0.3, -0.25) is 9.59 Å². The number of carbonyl (C=O) groups is 2. The zero-order valence-electron chi connectivity index (χ0n) is 11.8. The summed E-state index contributed by atoms with van der Waals surface area (Å²) in [6.07, 6.45) is 0.170. The van der Waals surface area contributed by atoms with Crippen LogP contribution < -0.4 is 5.32 Å². The van der Waals surface area contributed by atoms with Crippen LogP contribution in [-0.2, 0) is 16.1 Å². The van der Waals surface area contributed by atoms with Crippen LogP contribution in [0.3, 0.4) is 0 Å². The van der Waals surface area contributed by atoms with Crippen molar-refractivity contribution in [1.82, 2.24) is 5.32 Å². The average molecular weight is 303 g/mol. The number of hydrogen-bond donors (Lipinski definition) is 1. The molecule has 110 valence electrons. The molecule has 0 radical (unpaired) electrons. The molecule has 0 saturated heterocycles. The number of rotatable bonds is 6. The van der Waals surface area contributed by atoms with Gasteiger partial charge in [0.15, 0.2) is 0 Å². The van der Waals surface area contributed by atoms with Crippen molar-refractivity contribution in [3.63, 3.8) is 0 Å². The smallest absolute Gasteiger partial charge is 0.307 e. The van der Waals surface area contributed by atoms with Gasteiger partial charge in [0, 0.05) is 6.54 Å². The van der Waals surface area contributed by atoms with Gasteiger partial charge in [0.2, 0.25) is 0 Å². The summed E-state index contributed by atoms with van der Waals surface area (Å²) in [5.74, 6) is -0.473. The molecule has 1 aromatic heterocycles. The first-order valence-corrected chi connectivity index (χ1v) is 7.56. The lowest BCUT2D eigenvalue weighted by atomic mass is 10.1. The maximum atomic E-state index is 11.7. The first-order valence-electron chi connectivity index (χ1n) is 6.68. The number of thiophene rings is 1. The monoisotopic (exact) mass is 303 g/mol. The SMILES string of the molecule is Cc1cccc(COC(=O)CCNC(=O)c2cccs2)c1. The van der Waals surface area contributed by atoms with E-state index >= 15 is 0 Å². The Morgan fingerprint density at radius 3 is 2.81 bits per heavy atom. The number of benzene rings is 1. The van der Waals surface area contributed by atoms with Gasteiger partial charge < -0.3 is 10.1 Å². The zero-order chi connectivity index (χ0) is 15.1. The summed E-state index contributed by atoms with van der Waals surface area (Å²) in [4.78, 5) is 23.9. The number of amides is 1. The van der Waals surface area contributed by atoms with Crippen LogP contribution >= 0.6 is 11.3 Å². The lowest BCUT2D eigenvalue weighted by molar-refractivity contribution is -0.144. The van der Waals surface area contributed by atoms with Crippen molar-refractivity contribution in [1.29, 1.82) is 0 Å². The molecular weight excluding hydrogens is 286 g/mol. The van der Waals surface area contributed by atoms with Crippen LogP contribution in [-0.4, -0.2) is 18.4 Å². The van der Waals surface area contributed by atoms with Crippen molar-refractivity contribution in [2.75, 3.05) is 6.54 Å². The highest BCUT2D eigenvalue weighted by Crippen LogP contribution is 2.08. The molecule has 2 aromatic rings. The number of ether oxygens (including phenoxy) is 1. The average Bonchev–Trinajstić information content (AvgIpc) is 2.99. The van der Waals surface area contributed by atoms with E-state index in [1.54, 1.807) is 6.07 Å². The molecule has 0 aliphatic carbocycles. The molecule has 0 atom stereocenters. The molecule has 1 heterocycles. The molecule has 0 bridgehead atoms. The van der Waals surface area contributed by atoms with Crippen molar-refractivity contribution < 1.29 is 14.3 Å². The fourth-order valence-corrected chi connectivity index (χ4v) is 2.45. The minimum absolute atomic E-state index is 0.156. The van der Waals surface area contributed by atoms with Gasteiger partial charge in [-0.15, -0.1) is 11.3 Å². The maximum absolute atomic E-state index is 11.7. The summed E-state index contributed by atoms with van der Waals surface area (Å²) < 4.78 is 5.17. The Hall–Kier alpha value is -2.14. The minimum Gasteiger partial charge on any atom is -0.461 e. The van der Waals surface area contributed by atoms with Gasteiger partial charge in [0.25, 0.3) is 5.91 Å². The van der Waals surface area contributed by atoms with Crippen molar-refractivity contribution in [3.05, 3.63) is 57.8 Å². The second-order valence-electron chi connectivity index (χ2n) is 4.63. The molecular formula is C16H17NO3S. The van der Waals surface area contributed by atoms with Crippen LogP contribution in [0.4, 0.5) is 0 Å². The second kappa shape index (κ2) is 7.59. The molecule has 4 nitrogen and oxygen atoms in total. The van der Waals surface area contributed by atoms with Crippen LogP contribution in [0, 0.1) is 6.92 Å². The molecule has 0 fully saturated rings. The van der Waals surface area contributed by atoms with E-state index in [0.29, 0.717) is 4.88 Å². The van der Waals surface area contributed by atoms with E-state index in [1.807, 2.05) is 42.6 Å². The largest absolute Gasteiger partial charge is 0.461 e. The van der Waals surface area contributed by atoms with E-state index in [-0.39, 0.29) is 31.4 Å². The third-order valence-electron chi connectivity index (χ3n) is 2.84. The predicted molar refractivity (Wildman–Crippen MR) is 82.2 cm³/mol. The summed E-state index contributed by atoms with van der Waals surface area (Å²) in [7, 11) is 0. The van der Waals surface area contributed by atoms with Gasteiger partial charge >= 0.3 is 5.97 Å². The number of aryl methyl sites for hydroxylation is 1. The maximum Gasteiger partial charge on any atom is 0.307 e. The third-order valence-corrected chi connectivity index (χ3v) is 3.71. The van der Waals surface area contributed by atoms with Gasteiger partial charge in [-0.25, -0.2) is 0 Å². The molecule has 0 spiro atoms. The van der Waals surface area contributed by atoms with Crippen LogP contribution in [0.25, 0.3) is 0 Å². The van der Waals surface area contributed by atoms with Gasteiger partial charge in [0.1, 0.15) is 6.61 Å². The fourth-order valence-electron chi connectivity index (χ4n) is 1.81. The summed E-state index contributed by atoms with van der Waals surface area (Å²) in [5, 5.41) is 4.53. The van der Waals surface area contributed by atoms with E-state index in [4.69, 9.17) is 4.74 Å². The highest BCUT2D eigenvalue weighted by Gasteiger charge is 2.08. The lowest BCUT2D eigenvalue weighted by Gasteiger charge is -2.06. The molecule has 1 amide bonds. The molecule has 0 aliphatic rings. The molecule has 0 aliphatic heterocycles. The summed E-state index contributed by atoms with van der Waals surface area (Å²) in [5.41, 5.74) is 2.10. The molecule has 2 rings (SSSR count). The normalized spacial score (nSPS) is 10.1. The van der Waals surface area contributed by atoms with E-state index < -0.39 is 0 Å². The van der Waals surface area contributed by atoms with Gasteiger partial charge in [-0.05, 0) is 23.9 Å². The highest BCUT2D eigenvalue weighted by molar-refractivity contribution is 7.12. The standard InChI is InChI=1S/C16H17NO3S/c1-12-4-2-5-13(10-12)11-20-15(18)7-8-17-16(19)14-6-3-9-21-14/h2-6,9-10H,7-8,11H2,1H3,(H,17,19). The Bertz CT molecular complexity index is 608. The van der Waals surface area contributed by atoms with Crippen molar-refractivity contribution in [2.45, 2.75) is 20.0 Å². The van der Waals surface area contributed by atoms with Gasteiger partial charge in [-0.2, -0.15) is 0 Å². The van der Waals surface area contributed by atoms with Crippen molar-refractivity contribution in [3.8, 4) is 0 Å². The Kier molecular flexibility index (Phi) is 5.51. The van der Waals surface area contributed by atoms with Crippen LogP contribution in [0.2, 0.25) is 0 Å². The molecule has 21 heavy (non-hydrogen) atoms. The minimum atomic E-state index is -0.317. The number of hydrogen-bond acceptors (Lipinski definition) is 4. The van der Waals surface area contributed by atoms with E-state index in [9.17, 15) is 9.59 Å². The summed E-state index contributed by atoms with van der Waals surface area (Å²) in [6.45, 7) is 2.54. The predicted octanol–water partition coefficient (Wildman–Crippen LogP) is 2.92. The lowest BCUT2D eigenvalue weighted by Crippen LogP contribution is -2.25. The number of nitrogens with one attached hydrogen (secondary N) is 1. The fraction of sp³-hybridized carbons (Fsp3) is 0.250. The quantitative estimate of drug-likeness (QED) is 0.835. The van der Waals surface area contributed by atoms with Crippen LogP contribution in [0.5, 0.6) is 0 Å². The van der Waals surface area contributed by atoms with Gasteiger partial charge in [0.05, 0.1) is 11.3 Å². The second-order valence-corrected chi connectivity index (χ2v) is 5.58. The molecule has 5 heteroatoms.